The Labute approximate surface area is 118 Å². The Hall–Kier alpha value is -1.74. The molecule has 1 aromatic heterocycles. The van der Waals surface area contributed by atoms with Crippen LogP contribution in [-0.2, 0) is 6.54 Å². The van der Waals surface area contributed by atoms with Crippen LogP contribution in [0.3, 0.4) is 0 Å². The third kappa shape index (κ3) is 4.45. The van der Waals surface area contributed by atoms with Gasteiger partial charge in [-0.1, -0.05) is 29.8 Å². The van der Waals surface area contributed by atoms with Crippen molar-refractivity contribution in [3.05, 3.63) is 53.2 Å². The topological polar surface area (TPSA) is 34.1 Å². The van der Waals surface area contributed by atoms with E-state index in [2.05, 4.69) is 10.3 Å². The van der Waals surface area contributed by atoms with Gasteiger partial charge in [-0.15, -0.1) is 0 Å². The van der Waals surface area contributed by atoms with Gasteiger partial charge in [0.25, 0.3) is 0 Å². The molecule has 0 radical (unpaired) electrons. The van der Waals surface area contributed by atoms with Crippen LogP contribution in [0.1, 0.15) is 19.4 Å². The van der Waals surface area contributed by atoms with E-state index in [4.69, 9.17) is 16.3 Å². The summed E-state index contributed by atoms with van der Waals surface area (Å²) in [6, 6.07) is 13.5. The fraction of sp³-hybridized carbons (Fsp3) is 0.267. The average Bonchev–Trinajstić information content (AvgIpc) is 2.36. The molecule has 0 atom stereocenters. The summed E-state index contributed by atoms with van der Waals surface area (Å²) in [4.78, 5) is 4.18. The molecule has 0 unspecified atom stereocenters. The summed E-state index contributed by atoms with van der Waals surface area (Å²) in [5, 5.41) is 3.72. The highest BCUT2D eigenvalue weighted by molar-refractivity contribution is 6.29. The summed E-state index contributed by atoms with van der Waals surface area (Å²) >= 11 is 5.84. The van der Waals surface area contributed by atoms with Crippen LogP contribution >= 0.6 is 11.6 Å². The molecule has 1 N–H and O–H groups in total. The molecule has 19 heavy (non-hydrogen) atoms. The van der Waals surface area contributed by atoms with Crippen LogP contribution < -0.4 is 10.1 Å². The first-order valence-electron chi connectivity index (χ1n) is 6.25. The van der Waals surface area contributed by atoms with E-state index in [0.717, 1.165) is 17.1 Å². The molecule has 0 aliphatic heterocycles. The van der Waals surface area contributed by atoms with E-state index in [1.165, 1.54) is 0 Å². The van der Waals surface area contributed by atoms with Crippen molar-refractivity contribution in [1.29, 1.82) is 0 Å². The van der Waals surface area contributed by atoms with Gasteiger partial charge in [0, 0.05) is 6.54 Å². The van der Waals surface area contributed by atoms with Gasteiger partial charge in [0.1, 0.15) is 16.7 Å². The minimum atomic E-state index is 0.179. The normalized spacial score (nSPS) is 10.5. The Balaban J connectivity index is 1.99. The Morgan fingerprint density at radius 1 is 1.21 bits per heavy atom. The quantitative estimate of drug-likeness (QED) is 0.834. The van der Waals surface area contributed by atoms with Crippen molar-refractivity contribution in [2.75, 3.05) is 5.32 Å². The van der Waals surface area contributed by atoms with Crippen molar-refractivity contribution in [2.24, 2.45) is 0 Å². The zero-order valence-corrected chi connectivity index (χ0v) is 11.8. The minimum absolute atomic E-state index is 0.179. The first kappa shape index (κ1) is 13.7. The summed E-state index contributed by atoms with van der Waals surface area (Å²) in [5.74, 6) is 1.65. The lowest BCUT2D eigenvalue weighted by molar-refractivity contribution is 0.242. The lowest BCUT2D eigenvalue weighted by atomic mass is 10.2. The van der Waals surface area contributed by atoms with E-state index in [-0.39, 0.29) is 6.10 Å². The number of rotatable bonds is 5. The second-order valence-electron chi connectivity index (χ2n) is 4.51. The van der Waals surface area contributed by atoms with Crippen molar-refractivity contribution in [3.63, 3.8) is 0 Å². The number of pyridine rings is 1. The first-order chi connectivity index (χ1) is 9.13. The molecule has 0 amide bonds. The third-order valence-electron chi connectivity index (χ3n) is 2.46. The van der Waals surface area contributed by atoms with Crippen LogP contribution in [0.15, 0.2) is 42.5 Å². The molecule has 2 aromatic rings. The summed E-state index contributed by atoms with van der Waals surface area (Å²) in [6.45, 7) is 4.71. The lowest BCUT2D eigenvalue weighted by Gasteiger charge is -2.11. The lowest BCUT2D eigenvalue weighted by Crippen LogP contribution is -2.06. The highest BCUT2D eigenvalue weighted by Crippen LogP contribution is 2.16. The number of nitrogens with one attached hydrogen (secondary N) is 1. The Bertz CT molecular complexity index is 543. The fourth-order valence-corrected chi connectivity index (χ4v) is 1.86. The van der Waals surface area contributed by atoms with Crippen LogP contribution in [0.25, 0.3) is 0 Å². The largest absolute Gasteiger partial charge is 0.491 e. The fourth-order valence-electron chi connectivity index (χ4n) is 1.70. The van der Waals surface area contributed by atoms with Crippen LogP contribution in [0.2, 0.25) is 5.15 Å². The SMILES string of the molecule is CC(C)Oc1cccc(CNc2cccc(Cl)n2)c1. The van der Waals surface area contributed by atoms with Crippen LogP contribution in [0.5, 0.6) is 5.75 Å². The van der Waals surface area contributed by atoms with Gasteiger partial charge in [-0.05, 0) is 43.7 Å². The monoisotopic (exact) mass is 276 g/mol. The van der Waals surface area contributed by atoms with Gasteiger partial charge in [0.15, 0.2) is 0 Å². The van der Waals surface area contributed by atoms with E-state index >= 15 is 0 Å². The molecule has 100 valence electrons. The zero-order valence-electron chi connectivity index (χ0n) is 11.1. The van der Waals surface area contributed by atoms with Gasteiger partial charge >= 0.3 is 0 Å². The maximum Gasteiger partial charge on any atom is 0.131 e. The molecule has 0 bridgehead atoms. The molecule has 0 aliphatic rings. The Morgan fingerprint density at radius 3 is 2.74 bits per heavy atom. The molecule has 0 aliphatic carbocycles. The number of hydrogen-bond acceptors (Lipinski definition) is 3. The Kier molecular flexibility index (Phi) is 4.63. The standard InChI is InChI=1S/C15H17ClN2O/c1-11(2)19-13-6-3-5-12(9-13)10-17-15-8-4-7-14(16)18-15/h3-9,11H,10H2,1-2H3,(H,17,18). The second kappa shape index (κ2) is 6.43. The molecule has 4 heteroatoms. The van der Waals surface area contributed by atoms with Gasteiger partial charge in [-0.25, -0.2) is 4.98 Å². The Morgan fingerprint density at radius 2 is 2.00 bits per heavy atom. The summed E-state index contributed by atoms with van der Waals surface area (Å²) in [7, 11) is 0. The number of ether oxygens (including phenoxy) is 1. The maximum atomic E-state index is 5.84. The predicted octanol–water partition coefficient (Wildman–Crippen LogP) is 4.13. The minimum Gasteiger partial charge on any atom is -0.491 e. The third-order valence-corrected chi connectivity index (χ3v) is 2.67. The van der Waals surface area contributed by atoms with E-state index in [1.54, 1.807) is 6.07 Å². The summed E-state index contributed by atoms with van der Waals surface area (Å²) < 4.78 is 5.66. The first-order valence-corrected chi connectivity index (χ1v) is 6.63. The number of nitrogens with zero attached hydrogens (tertiary/aromatic N) is 1. The molecule has 1 heterocycles. The summed E-state index contributed by atoms with van der Waals surface area (Å²) in [6.07, 6.45) is 0.179. The van der Waals surface area contributed by atoms with E-state index < -0.39 is 0 Å². The second-order valence-corrected chi connectivity index (χ2v) is 4.90. The van der Waals surface area contributed by atoms with Crippen molar-refractivity contribution in [2.45, 2.75) is 26.5 Å². The van der Waals surface area contributed by atoms with Crippen molar-refractivity contribution < 1.29 is 4.74 Å². The number of halogens is 1. The number of benzene rings is 1. The molecule has 0 spiro atoms. The van der Waals surface area contributed by atoms with Crippen LogP contribution in [0, 0.1) is 0 Å². The van der Waals surface area contributed by atoms with Crippen molar-refractivity contribution >= 4 is 17.4 Å². The molecular weight excluding hydrogens is 260 g/mol. The van der Waals surface area contributed by atoms with Gasteiger partial charge in [0.05, 0.1) is 6.10 Å². The number of anilines is 1. The van der Waals surface area contributed by atoms with Crippen molar-refractivity contribution in [1.82, 2.24) is 4.98 Å². The highest BCUT2D eigenvalue weighted by atomic mass is 35.5. The van der Waals surface area contributed by atoms with Gasteiger partial charge < -0.3 is 10.1 Å². The van der Waals surface area contributed by atoms with Gasteiger partial charge in [0.2, 0.25) is 0 Å². The number of hydrogen-bond donors (Lipinski definition) is 1. The molecule has 2 rings (SSSR count). The predicted molar refractivity (Wildman–Crippen MR) is 78.8 cm³/mol. The van der Waals surface area contributed by atoms with Gasteiger partial charge in [-0.3, -0.25) is 0 Å². The molecule has 1 aromatic carbocycles. The molecule has 0 fully saturated rings. The summed E-state index contributed by atoms with van der Waals surface area (Å²) in [5.41, 5.74) is 1.14. The van der Waals surface area contributed by atoms with Crippen LogP contribution in [-0.4, -0.2) is 11.1 Å². The molecule has 0 saturated carbocycles. The molecule has 0 saturated heterocycles. The van der Waals surface area contributed by atoms with E-state index in [1.807, 2.05) is 50.2 Å². The molecular formula is C15H17ClN2O. The van der Waals surface area contributed by atoms with E-state index in [9.17, 15) is 0 Å². The van der Waals surface area contributed by atoms with Gasteiger partial charge in [-0.2, -0.15) is 0 Å². The molecule has 3 nitrogen and oxygen atoms in total. The van der Waals surface area contributed by atoms with Crippen molar-refractivity contribution in [3.8, 4) is 5.75 Å². The zero-order chi connectivity index (χ0) is 13.7. The smallest absolute Gasteiger partial charge is 0.131 e. The van der Waals surface area contributed by atoms with Crippen LogP contribution in [0.4, 0.5) is 5.82 Å². The number of aromatic nitrogens is 1. The highest BCUT2D eigenvalue weighted by Gasteiger charge is 2.00. The maximum absolute atomic E-state index is 5.84. The van der Waals surface area contributed by atoms with E-state index in [0.29, 0.717) is 11.7 Å². The average molecular weight is 277 g/mol.